The zero-order valence-electron chi connectivity index (χ0n) is 15.9. The zero-order valence-corrected chi connectivity index (χ0v) is 18.9. The van der Waals surface area contributed by atoms with Crippen LogP contribution in [0.1, 0.15) is 24.6 Å². The molecule has 0 amide bonds. The van der Waals surface area contributed by atoms with Crippen molar-refractivity contribution in [2.45, 2.75) is 31.3 Å². The molecular weight excluding hydrogens is 451 g/mol. The summed E-state index contributed by atoms with van der Waals surface area (Å²) < 4.78 is 30.0. The van der Waals surface area contributed by atoms with E-state index in [0.29, 0.717) is 29.6 Å². The molecule has 0 unspecified atom stereocenters. The molecule has 0 spiro atoms. The van der Waals surface area contributed by atoms with Crippen molar-refractivity contribution in [3.63, 3.8) is 0 Å². The maximum absolute atomic E-state index is 13.3. The van der Waals surface area contributed by atoms with Gasteiger partial charge in [-0.3, -0.25) is 0 Å². The predicted molar refractivity (Wildman–Crippen MR) is 119 cm³/mol. The molecule has 3 rings (SSSR count). The van der Waals surface area contributed by atoms with Crippen LogP contribution in [0.15, 0.2) is 65.7 Å². The molecule has 0 aliphatic heterocycles. The quantitative estimate of drug-likeness (QED) is 0.398. The Bertz CT molecular complexity index is 1100. The lowest BCUT2D eigenvalue weighted by atomic mass is 10.2. The van der Waals surface area contributed by atoms with E-state index in [9.17, 15) is 8.42 Å². The van der Waals surface area contributed by atoms with Gasteiger partial charge in [-0.2, -0.15) is 4.31 Å². The van der Waals surface area contributed by atoms with Crippen LogP contribution in [-0.2, 0) is 23.1 Å². The second-order valence-corrected chi connectivity index (χ2v) is 9.86. The van der Waals surface area contributed by atoms with Crippen LogP contribution in [0, 0.1) is 0 Å². The Balaban J connectivity index is 1.90. The van der Waals surface area contributed by atoms with Gasteiger partial charge in [0.1, 0.15) is 4.90 Å². The smallest absolute Gasteiger partial charge is 0.244 e. The molecule has 1 aromatic heterocycles. The first-order valence-corrected chi connectivity index (χ1v) is 11.7. The van der Waals surface area contributed by atoms with Crippen LogP contribution >= 0.6 is 34.8 Å². The Labute approximate surface area is 186 Å². The summed E-state index contributed by atoms with van der Waals surface area (Å²) in [6, 6.07) is 15.9. The van der Waals surface area contributed by atoms with Crippen molar-refractivity contribution in [1.29, 1.82) is 0 Å². The first-order chi connectivity index (χ1) is 13.8. The molecule has 3 aromatic rings. The maximum atomic E-state index is 13.3. The lowest BCUT2D eigenvalue weighted by Gasteiger charge is -2.23. The molecule has 0 fully saturated rings. The van der Waals surface area contributed by atoms with E-state index in [2.05, 4.69) is 0 Å². The minimum atomic E-state index is -3.81. The molecule has 0 radical (unpaired) electrons. The summed E-state index contributed by atoms with van der Waals surface area (Å²) in [6.07, 6.45) is 2.60. The van der Waals surface area contributed by atoms with Crippen molar-refractivity contribution in [3.05, 3.63) is 87.1 Å². The molecule has 8 heteroatoms. The van der Waals surface area contributed by atoms with E-state index >= 15 is 0 Å². The first kappa shape index (κ1) is 22.2. The van der Waals surface area contributed by atoms with E-state index in [1.54, 1.807) is 6.07 Å². The molecule has 154 valence electrons. The molecule has 0 atom stereocenters. The number of hydrogen-bond acceptors (Lipinski definition) is 2. The van der Waals surface area contributed by atoms with Crippen LogP contribution in [0.25, 0.3) is 0 Å². The average molecular weight is 472 g/mol. The van der Waals surface area contributed by atoms with Crippen molar-refractivity contribution in [2.75, 3.05) is 6.54 Å². The van der Waals surface area contributed by atoms with Crippen LogP contribution in [0.4, 0.5) is 0 Å². The molecule has 0 bridgehead atoms. The fourth-order valence-electron chi connectivity index (χ4n) is 3.11. The highest BCUT2D eigenvalue weighted by Crippen LogP contribution is 2.29. The molecule has 0 saturated carbocycles. The minimum Gasteiger partial charge on any atom is -0.346 e. The number of sulfonamides is 1. The lowest BCUT2D eigenvalue weighted by molar-refractivity contribution is 0.396. The largest absolute Gasteiger partial charge is 0.346 e. The predicted octanol–water partition coefficient (Wildman–Crippen LogP) is 6.10. The minimum absolute atomic E-state index is 0.0214. The van der Waals surface area contributed by atoms with Gasteiger partial charge in [0.25, 0.3) is 0 Å². The van der Waals surface area contributed by atoms with Crippen LogP contribution in [0.2, 0.25) is 15.1 Å². The summed E-state index contributed by atoms with van der Waals surface area (Å²) in [5.41, 5.74) is 1.91. The Hall–Kier alpha value is -1.50. The highest BCUT2D eigenvalue weighted by Gasteiger charge is 2.27. The third-order valence-electron chi connectivity index (χ3n) is 4.49. The summed E-state index contributed by atoms with van der Waals surface area (Å²) in [5.74, 6) is 0. The third kappa shape index (κ3) is 5.36. The fourth-order valence-corrected chi connectivity index (χ4v) is 5.56. The maximum Gasteiger partial charge on any atom is 0.244 e. The molecule has 0 aliphatic rings. The summed E-state index contributed by atoms with van der Waals surface area (Å²) >= 11 is 18.3. The van der Waals surface area contributed by atoms with Gasteiger partial charge in [-0.15, -0.1) is 0 Å². The highest BCUT2D eigenvalue weighted by atomic mass is 35.5. The van der Waals surface area contributed by atoms with Crippen molar-refractivity contribution >= 4 is 44.8 Å². The summed E-state index contributed by atoms with van der Waals surface area (Å²) in [7, 11) is -3.81. The second-order valence-electron chi connectivity index (χ2n) is 6.67. The van der Waals surface area contributed by atoms with Crippen molar-refractivity contribution in [3.8, 4) is 0 Å². The van der Waals surface area contributed by atoms with Crippen LogP contribution in [0.5, 0.6) is 0 Å². The summed E-state index contributed by atoms with van der Waals surface area (Å²) in [6.45, 7) is 3.13. The Morgan fingerprint density at radius 1 is 0.966 bits per heavy atom. The number of rotatable bonds is 8. The van der Waals surface area contributed by atoms with Gasteiger partial charge < -0.3 is 4.57 Å². The average Bonchev–Trinajstić information content (AvgIpc) is 3.10. The van der Waals surface area contributed by atoms with E-state index in [1.807, 2.05) is 54.1 Å². The number of nitrogens with zero attached hydrogens (tertiary/aromatic N) is 2. The highest BCUT2D eigenvalue weighted by molar-refractivity contribution is 7.89. The topological polar surface area (TPSA) is 42.3 Å². The Morgan fingerprint density at radius 2 is 1.72 bits per heavy atom. The molecule has 29 heavy (non-hydrogen) atoms. The van der Waals surface area contributed by atoms with E-state index in [1.165, 1.54) is 16.4 Å². The van der Waals surface area contributed by atoms with E-state index < -0.39 is 10.0 Å². The number of benzene rings is 2. The van der Waals surface area contributed by atoms with Gasteiger partial charge in [0.2, 0.25) is 10.0 Å². The van der Waals surface area contributed by atoms with Crippen molar-refractivity contribution < 1.29 is 8.42 Å². The standard InChI is InChI=1S/C21H21Cl3N2O2S/c1-2-10-26(29(27,28)21-13-18(23)8-9-20(21)24)15-19-7-4-11-25(19)14-16-5-3-6-17(22)12-16/h3-9,11-13H,2,10,14-15H2,1H3. The third-order valence-corrected chi connectivity index (χ3v) is 7.28. The van der Waals surface area contributed by atoms with Crippen LogP contribution < -0.4 is 0 Å². The summed E-state index contributed by atoms with van der Waals surface area (Å²) in [4.78, 5) is 0.0214. The van der Waals surface area contributed by atoms with Gasteiger partial charge in [-0.1, -0.05) is 53.9 Å². The van der Waals surface area contributed by atoms with E-state index in [4.69, 9.17) is 34.8 Å². The monoisotopic (exact) mass is 470 g/mol. The van der Waals surface area contributed by atoms with Gasteiger partial charge in [-0.05, 0) is 54.4 Å². The van der Waals surface area contributed by atoms with E-state index in [-0.39, 0.29) is 16.5 Å². The molecule has 2 aromatic carbocycles. The van der Waals surface area contributed by atoms with Gasteiger partial charge in [0.05, 0.1) is 11.6 Å². The number of hydrogen-bond donors (Lipinski definition) is 0. The molecule has 0 aliphatic carbocycles. The molecular formula is C21H21Cl3N2O2S. The van der Waals surface area contributed by atoms with Crippen molar-refractivity contribution in [2.24, 2.45) is 0 Å². The van der Waals surface area contributed by atoms with Gasteiger partial charge in [-0.25, -0.2) is 8.42 Å². The summed E-state index contributed by atoms with van der Waals surface area (Å²) in [5, 5.41) is 1.15. The second kappa shape index (κ2) is 9.54. The molecule has 1 heterocycles. The number of halogens is 3. The van der Waals surface area contributed by atoms with Crippen LogP contribution in [-0.4, -0.2) is 23.8 Å². The van der Waals surface area contributed by atoms with Crippen molar-refractivity contribution in [1.82, 2.24) is 8.87 Å². The molecule has 0 saturated heterocycles. The Morgan fingerprint density at radius 3 is 2.45 bits per heavy atom. The van der Waals surface area contributed by atoms with Gasteiger partial charge >= 0.3 is 0 Å². The SMILES string of the molecule is CCCN(Cc1cccn1Cc1cccc(Cl)c1)S(=O)(=O)c1cc(Cl)ccc1Cl. The first-order valence-electron chi connectivity index (χ1n) is 9.15. The fraction of sp³-hybridized carbons (Fsp3) is 0.238. The van der Waals surface area contributed by atoms with Crippen LogP contribution in [0.3, 0.4) is 0 Å². The zero-order chi connectivity index (χ0) is 21.0. The lowest BCUT2D eigenvalue weighted by Crippen LogP contribution is -2.32. The van der Waals surface area contributed by atoms with Gasteiger partial charge in [0.15, 0.2) is 0 Å². The van der Waals surface area contributed by atoms with E-state index in [0.717, 1.165) is 11.3 Å². The molecule has 0 N–H and O–H groups in total. The normalized spacial score (nSPS) is 11.9. The Kier molecular flexibility index (Phi) is 7.30. The van der Waals surface area contributed by atoms with Gasteiger partial charge in [0, 0.05) is 35.0 Å². The number of aromatic nitrogens is 1. The molecule has 4 nitrogen and oxygen atoms in total.